The topological polar surface area (TPSA) is 50.1 Å². The maximum atomic E-state index is 11.0. The molecule has 4 nitrogen and oxygen atoms in total. The number of fused-ring (bicyclic) bond motifs is 1. The second-order valence-corrected chi connectivity index (χ2v) is 2.52. The van der Waals surface area contributed by atoms with Gasteiger partial charge in [-0.3, -0.25) is 4.98 Å². The summed E-state index contributed by atoms with van der Waals surface area (Å²) in [5.74, 6) is 0.246. The van der Waals surface area contributed by atoms with Gasteiger partial charge in [0.1, 0.15) is 0 Å². The van der Waals surface area contributed by atoms with Crippen LogP contribution in [0, 0.1) is 6.57 Å². The second-order valence-electron chi connectivity index (χ2n) is 2.52. The molecule has 2 rings (SSSR count). The maximum absolute atomic E-state index is 11.0. The Balaban J connectivity index is 3.00. The van der Waals surface area contributed by atoms with Crippen LogP contribution in [-0.2, 0) is 0 Å². The molecule has 0 saturated heterocycles. The molecule has 0 amide bonds. The number of hydrogen-bond donors (Lipinski definition) is 1. The summed E-state index contributed by atoms with van der Waals surface area (Å²) in [7, 11) is 0. The highest BCUT2D eigenvalue weighted by Crippen LogP contribution is 2.18. The first kappa shape index (κ1) is 7.50. The Kier molecular flexibility index (Phi) is 1.57. The van der Waals surface area contributed by atoms with Crippen LogP contribution in [0.5, 0.6) is 0 Å². The molecule has 0 aliphatic rings. The summed E-state index contributed by atoms with van der Waals surface area (Å²) in [6.45, 7) is 6.85. The monoisotopic (exact) mass is 171 g/mol. The van der Waals surface area contributed by atoms with Crippen LogP contribution in [0.2, 0.25) is 0 Å². The standard InChI is InChI=1S/C9H5N3O/c1-10-8-6-4-2-3-5-7(6)11-9(13)12-8/h2-5H,(H,11,12,13). The quantitative estimate of drug-likeness (QED) is 0.610. The average molecular weight is 171 g/mol. The molecule has 1 aromatic heterocycles. The van der Waals surface area contributed by atoms with Gasteiger partial charge >= 0.3 is 5.69 Å². The first-order valence-electron chi connectivity index (χ1n) is 3.68. The van der Waals surface area contributed by atoms with E-state index in [1.165, 1.54) is 0 Å². The van der Waals surface area contributed by atoms with Gasteiger partial charge in [-0.15, -0.1) is 0 Å². The van der Waals surface area contributed by atoms with E-state index in [9.17, 15) is 4.79 Å². The molecule has 0 spiro atoms. The number of rotatable bonds is 0. The molecular weight excluding hydrogens is 166 g/mol. The van der Waals surface area contributed by atoms with Gasteiger partial charge in [0.2, 0.25) is 5.82 Å². The van der Waals surface area contributed by atoms with E-state index in [1.54, 1.807) is 24.3 Å². The molecule has 0 bridgehead atoms. The average Bonchev–Trinajstić information content (AvgIpc) is 2.16. The molecule has 13 heavy (non-hydrogen) atoms. The molecule has 0 fully saturated rings. The third kappa shape index (κ3) is 1.16. The van der Waals surface area contributed by atoms with Gasteiger partial charge in [-0.2, -0.15) is 4.98 Å². The molecular formula is C9H5N3O. The van der Waals surface area contributed by atoms with Gasteiger partial charge in [0.15, 0.2) is 0 Å². The fourth-order valence-corrected chi connectivity index (χ4v) is 1.17. The summed E-state index contributed by atoms with van der Waals surface area (Å²) in [5.41, 5.74) is 0.0713. The van der Waals surface area contributed by atoms with Gasteiger partial charge in [0, 0.05) is 5.39 Å². The summed E-state index contributed by atoms with van der Waals surface area (Å²) < 4.78 is 0. The van der Waals surface area contributed by atoms with Crippen LogP contribution in [0.25, 0.3) is 15.7 Å². The van der Waals surface area contributed by atoms with E-state index in [4.69, 9.17) is 6.57 Å². The highest BCUT2D eigenvalue weighted by molar-refractivity contribution is 5.88. The molecule has 2 aromatic rings. The molecule has 0 aliphatic carbocycles. The van der Waals surface area contributed by atoms with Crippen molar-refractivity contribution in [3.05, 3.63) is 46.2 Å². The van der Waals surface area contributed by atoms with Crippen molar-refractivity contribution in [1.82, 2.24) is 9.97 Å². The van der Waals surface area contributed by atoms with E-state index >= 15 is 0 Å². The number of aromatic amines is 1. The van der Waals surface area contributed by atoms with Crippen molar-refractivity contribution < 1.29 is 0 Å². The molecule has 62 valence electrons. The number of H-pyrrole nitrogens is 1. The largest absolute Gasteiger partial charge is 0.417 e. The summed E-state index contributed by atoms with van der Waals surface area (Å²) in [4.78, 5) is 20.3. The highest BCUT2D eigenvalue weighted by Gasteiger charge is 2.01. The van der Waals surface area contributed by atoms with Gasteiger partial charge in [-0.25, -0.2) is 4.79 Å². The van der Waals surface area contributed by atoms with E-state index in [-0.39, 0.29) is 5.82 Å². The van der Waals surface area contributed by atoms with E-state index in [0.29, 0.717) is 10.9 Å². The first-order chi connectivity index (χ1) is 6.31. The Morgan fingerprint density at radius 1 is 1.38 bits per heavy atom. The molecule has 1 aromatic carbocycles. The van der Waals surface area contributed by atoms with Crippen LogP contribution in [-0.4, -0.2) is 9.97 Å². The molecule has 1 heterocycles. The van der Waals surface area contributed by atoms with Crippen LogP contribution < -0.4 is 5.69 Å². The van der Waals surface area contributed by atoms with Crippen molar-refractivity contribution in [3.8, 4) is 0 Å². The Hall–Kier alpha value is -2.15. The number of para-hydroxylation sites is 1. The minimum absolute atomic E-state index is 0.246. The number of hydrogen-bond acceptors (Lipinski definition) is 2. The lowest BCUT2D eigenvalue weighted by atomic mass is 10.2. The lowest BCUT2D eigenvalue weighted by molar-refractivity contribution is 1.13. The third-order valence-corrected chi connectivity index (χ3v) is 1.72. The number of nitrogens with zero attached hydrogens (tertiary/aromatic N) is 2. The van der Waals surface area contributed by atoms with Gasteiger partial charge in [0.05, 0.1) is 5.52 Å². The SMILES string of the molecule is [C-]#[N+]c1[nH]c(=O)nc2ccccc12. The van der Waals surface area contributed by atoms with Crippen LogP contribution in [0.3, 0.4) is 0 Å². The zero-order valence-electron chi connectivity index (χ0n) is 6.61. The number of aromatic nitrogens is 2. The molecule has 0 radical (unpaired) electrons. The van der Waals surface area contributed by atoms with Crippen LogP contribution in [0.1, 0.15) is 0 Å². The van der Waals surface area contributed by atoms with Gasteiger partial charge < -0.3 is 4.85 Å². The van der Waals surface area contributed by atoms with Crippen molar-refractivity contribution in [2.45, 2.75) is 0 Å². The van der Waals surface area contributed by atoms with Crippen molar-refractivity contribution in [3.63, 3.8) is 0 Å². The summed E-state index contributed by atoms with van der Waals surface area (Å²) >= 11 is 0. The van der Waals surface area contributed by atoms with E-state index < -0.39 is 5.69 Å². The van der Waals surface area contributed by atoms with Crippen LogP contribution in [0.4, 0.5) is 5.82 Å². The molecule has 0 unspecified atom stereocenters. The predicted molar refractivity (Wildman–Crippen MR) is 48.6 cm³/mol. The normalized spacial score (nSPS) is 9.77. The summed E-state index contributed by atoms with van der Waals surface area (Å²) in [6, 6.07) is 7.05. The van der Waals surface area contributed by atoms with Crippen molar-refractivity contribution in [2.24, 2.45) is 0 Å². The van der Waals surface area contributed by atoms with E-state index in [0.717, 1.165) is 0 Å². The summed E-state index contributed by atoms with van der Waals surface area (Å²) in [5, 5.41) is 0.678. The minimum Gasteiger partial charge on any atom is -0.364 e. The molecule has 0 saturated carbocycles. The third-order valence-electron chi connectivity index (χ3n) is 1.72. The van der Waals surface area contributed by atoms with Crippen molar-refractivity contribution >= 4 is 16.7 Å². The van der Waals surface area contributed by atoms with Gasteiger partial charge in [-0.05, 0) is 6.07 Å². The fourth-order valence-electron chi connectivity index (χ4n) is 1.17. The molecule has 4 heteroatoms. The Bertz CT molecular complexity index is 551. The highest BCUT2D eigenvalue weighted by atomic mass is 16.1. The Morgan fingerprint density at radius 3 is 2.92 bits per heavy atom. The number of nitrogens with one attached hydrogen (secondary N) is 1. The fraction of sp³-hybridized carbons (Fsp3) is 0. The van der Waals surface area contributed by atoms with Crippen molar-refractivity contribution in [2.75, 3.05) is 0 Å². The summed E-state index contributed by atoms with van der Waals surface area (Å²) in [6.07, 6.45) is 0. The van der Waals surface area contributed by atoms with Crippen LogP contribution in [0.15, 0.2) is 29.1 Å². The van der Waals surface area contributed by atoms with Crippen molar-refractivity contribution in [1.29, 1.82) is 0 Å². The first-order valence-corrected chi connectivity index (χ1v) is 3.68. The smallest absolute Gasteiger partial charge is 0.364 e. The zero-order chi connectivity index (χ0) is 9.26. The minimum atomic E-state index is -0.482. The Labute approximate surface area is 73.7 Å². The zero-order valence-corrected chi connectivity index (χ0v) is 6.61. The molecule has 1 N–H and O–H groups in total. The second kappa shape index (κ2) is 2.72. The number of benzene rings is 1. The van der Waals surface area contributed by atoms with Gasteiger partial charge in [0.25, 0.3) is 0 Å². The Morgan fingerprint density at radius 2 is 2.15 bits per heavy atom. The van der Waals surface area contributed by atoms with Crippen LogP contribution >= 0.6 is 0 Å². The molecule has 0 atom stereocenters. The lowest BCUT2D eigenvalue weighted by Gasteiger charge is -1.96. The lowest BCUT2D eigenvalue weighted by Crippen LogP contribution is -2.08. The maximum Gasteiger partial charge on any atom is 0.417 e. The predicted octanol–water partition coefficient (Wildman–Crippen LogP) is 1.47. The molecule has 0 aliphatic heterocycles. The van der Waals surface area contributed by atoms with E-state index in [1.807, 2.05) is 0 Å². The van der Waals surface area contributed by atoms with E-state index in [2.05, 4.69) is 14.8 Å². The van der Waals surface area contributed by atoms with Gasteiger partial charge in [-0.1, -0.05) is 24.8 Å².